The summed E-state index contributed by atoms with van der Waals surface area (Å²) in [6.45, 7) is 5.10. The molecule has 2 unspecified atom stereocenters. The number of H-pyrrole nitrogens is 1. The van der Waals surface area contributed by atoms with E-state index in [9.17, 15) is 0 Å². The summed E-state index contributed by atoms with van der Waals surface area (Å²) in [4.78, 5) is 11.0. The van der Waals surface area contributed by atoms with Gasteiger partial charge in [-0.2, -0.15) is 4.98 Å². The van der Waals surface area contributed by atoms with E-state index < -0.39 is 0 Å². The summed E-state index contributed by atoms with van der Waals surface area (Å²) in [5.41, 5.74) is 8.19. The molecule has 0 radical (unpaired) electrons. The highest BCUT2D eigenvalue weighted by molar-refractivity contribution is 5.56. The highest BCUT2D eigenvalue weighted by Crippen LogP contribution is 2.23. The molecule has 0 aromatic carbocycles. The molecular formula is C14H20N6. The highest BCUT2D eigenvalue weighted by Gasteiger charge is 2.27. The third-order valence-electron chi connectivity index (χ3n) is 3.93. The fourth-order valence-electron chi connectivity index (χ4n) is 2.65. The molecule has 0 spiro atoms. The van der Waals surface area contributed by atoms with E-state index in [4.69, 9.17) is 5.73 Å². The molecule has 106 valence electrons. The average Bonchev–Trinajstić information content (AvgIpc) is 2.91. The molecule has 20 heavy (non-hydrogen) atoms. The van der Waals surface area contributed by atoms with Crippen LogP contribution >= 0.6 is 0 Å². The van der Waals surface area contributed by atoms with Crippen molar-refractivity contribution in [3.05, 3.63) is 24.0 Å². The van der Waals surface area contributed by atoms with Crippen LogP contribution in [0, 0.1) is 6.92 Å². The van der Waals surface area contributed by atoms with Crippen LogP contribution in [0.2, 0.25) is 0 Å². The van der Waals surface area contributed by atoms with Crippen molar-refractivity contribution in [1.29, 1.82) is 0 Å². The number of aromatic amines is 1. The molecule has 2 aromatic heterocycles. The molecule has 2 aromatic rings. The number of nitrogens with one attached hydrogen (secondary N) is 1. The van der Waals surface area contributed by atoms with Gasteiger partial charge in [-0.15, -0.1) is 5.10 Å². The lowest BCUT2D eigenvalue weighted by molar-refractivity contribution is 0.416. The van der Waals surface area contributed by atoms with Gasteiger partial charge in [-0.05, 0) is 38.3 Å². The van der Waals surface area contributed by atoms with E-state index in [0.29, 0.717) is 0 Å². The molecule has 1 saturated heterocycles. The fraction of sp³-hybridized carbons (Fsp3) is 0.500. The van der Waals surface area contributed by atoms with Crippen LogP contribution in [0.3, 0.4) is 0 Å². The van der Waals surface area contributed by atoms with Crippen LogP contribution in [0.15, 0.2) is 18.5 Å². The first-order valence-corrected chi connectivity index (χ1v) is 7.02. The van der Waals surface area contributed by atoms with E-state index in [0.717, 1.165) is 42.3 Å². The Kier molecular flexibility index (Phi) is 3.40. The van der Waals surface area contributed by atoms with Gasteiger partial charge in [-0.25, -0.2) is 0 Å². The molecule has 0 aliphatic carbocycles. The Balaban J connectivity index is 1.86. The monoisotopic (exact) mass is 272 g/mol. The van der Waals surface area contributed by atoms with Crippen LogP contribution in [0.4, 0.5) is 5.95 Å². The maximum atomic E-state index is 6.13. The van der Waals surface area contributed by atoms with Gasteiger partial charge in [-0.3, -0.25) is 10.1 Å². The van der Waals surface area contributed by atoms with E-state index in [1.54, 1.807) is 6.20 Å². The van der Waals surface area contributed by atoms with Gasteiger partial charge in [0.05, 0.1) is 0 Å². The molecule has 6 nitrogen and oxygen atoms in total. The number of nitrogens with zero attached hydrogens (tertiary/aromatic N) is 4. The number of aromatic nitrogens is 4. The van der Waals surface area contributed by atoms with E-state index >= 15 is 0 Å². The third kappa shape index (κ3) is 2.38. The Labute approximate surface area is 118 Å². The second kappa shape index (κ2) is 5.20. The van der Waals surface area contributed by atoms with Crippen LogP contribution in [-0.2, 0) is 0 Å². The van der Waals surface area contributed by atoms with Crippen molar-refractivity contribution < 1.29 is 0 Å². The van der Waals surface area contributed by atoms with Crippen LogP contribution in [0.25, 0.3) is 11.4 Å². The zero-order chi connectivity index (χ0) is 14.1. The molecular weight excluding hydrogens is 252 g/mol. The lowest BCUT2D eigenvalue weighted by Crippen LogP contribution is -2.50. The number of aryl methyl sites for hydroxylation is 1. The lowest BCUT2D eigenvalue weighted by Gasteiger charge is -2.36. The summed E-state index contributed by atoms with van der Waals surface area (Å²) in [5, 5.41) is 7.34. The second-order valence-electron chi connectivity index (χ2n) is 5.48. The van der Waals surface area contributed by atoms with E-state index in [2.05, 4.69) is 32.0 Å². The number of rotatable bonds is 2. The minimum absolute atomic E-state index is 0.186. The maximum absolute atomic E-state index is 6.13. The molecule has 0 bridgehead atoms. The number of hydrogen-bond donors (Lipinski definition) is 2. The summed E-state index contributed by atoms with van der Waals surface area (Å²) in [6, 6.07) is 2.50. The zero-order valence-corrected chi connectivity index (χ0v) is 11.9. The van der Waals surface area contributed by atoms with Crippen molar-refractivity contribution >= 4 is 5.95 Å². The summed E-state index contributed by atoms with van der Waals surface area (Å²) < 4.78 is 0. The van der Waals surface area contributed by atoms with Gasteiger partial charge in [0.1, 0.15) is 0 Å². The van der Waals surface area contributed by atoms with E-state index in [-0.39, 0.29) is 12.1 Å². The molecule has 1 aliphatic heterocycles. The number of pyridine rings is 1. The molecule has 3 N–H and O–H groups in total. The van der Waals surface area contributed by atoms with Gasteiger partial charge in [0.25, 0.3) is 0 Å². The first-order valence-electron chi connectivity index (χ1n) is 7.02. The van der Waals surface area contributed by atoms with Crippen LogP contribution in [0.1, 0.15) is 25.3 Å². The van der Waals surface area contributed by atoms with Gasteiger partial charge in [0.2, 0.25) is 5.95 Å². The van der Waals surface area contributed by atoms with E-state index in [1.807, 2.05) is 19.2 Å². The first kappa shape index (κ1) is 13.1. The topological polar surface area (TPSA) is 83.7 Å². The number of nitrogens with two attached hydrogens (primary N) is 1. The molecule has 3 rings (SSSR count). The minimum Gasteiger partial charge on any atom is -0.335 e. The van der Waals surface area contributed by atoms with Gasteiger partial charge in [-0.1, -0.05) is 0 Å². The SMILES string of the molecule is Cc1cncc(-c2nc(N3CCCC(N)C3C)n[nH]2)c1. The predicted molar refractivity (Wildman–Crippen MR) is 78.4 cm³/mol. The van der Waals surface area contributed by atoms with Crippen LogP contribution in [0.5, 0.6) is 0 Å². The summed E-state index contributed by atoms with van der Waals surface area (Å²) >= 11 is 0. The first-order chi connectivity index (χ1) is 9.65. The number of piperidine rings is 1. The van der Waals surface area contributed by atoms with Gasteiger partial charge >= 0.3 is 0 Å². The van der Waals surface area contributed by atoms with E-state index in [1.165, 1.54) is 0 Å². The summed E-state index contributed by atoms with van der Waals surface area (Å²) in [7, 11) is 0. The Morgan fingerprint density at radius 2 is 2.25 bits per heavy atom. The molecule has 1 aliphatic rings. The smallest absolute Gasteiger partial charge is 0.245 e. The van der Waals surface area contributed by atoms with Crippen molar-refractivity contribution in [2.45, 2.75) is 38.8 Å². The molecule has 1 fully saturated rings. The van der Waals surface area contributed by atoms with Gasteiger partial charge in [0.15, 0.2) is 5.82 Å². The predicted octanol–water partition coefficient (Wildman–Crippen LogP) is 1.49. The number of anilines is 1. The average molecular weight is 272 g/mol. The minimum atomic E-state index is 0.186. The Hall–Kier alpha value is -1.95. The lowest BCUT2D eigenvalue weighted by atomic mass is 9.99. The largest absolute Gasteiger partial charge is 0.335 e. The molecule has 0 saturated carbocycles. The number of hydrogen-bond acceptors (Lipinski definition) is 5. The maximum Gasteiger partial charge on any atom is 0.245 e. The summed E-state index contributed by atoms with van der Waals surface area (Å²) in [5.74, 6) is 1.48. The van der Waals surface area contributed by atoms with Crippen LogP contribution < -0.4 is 10.6 Å². The Bertz CT molecular complexity index is 593. The van der Waals surface area contributed by atoms with Crippen LogP contribution in [-0.4, -0.2) is 38.8 Å². The van der Waals surface area contributed by atoms with Crippen molar-refractivity contribution in [2.24, 2.45) is 5.73 Å². The zero-order valence-electron chi connectivity index (χ0n) is 11.9. The second-order valence-corrected chi connectivity index (χ2v) is 5.48. The standard InChI is InChI=1S/C14H20N6/c1-9-6-11(8-16-7-9)13-17-14(19-18-13)20-5-3-4-12(15)10(20)2/h6-8,10,12H,3-5,15H2,1-2H3,(H,17,18,19). The highest BCUT2D eigenvalue weighted by atomic mass is 15.4. The normalized spacial score (nSPS) is 23.1. The molecule has 2 atom stereocenters. The third-order valence-corrected chi connectivity index (χ3v) is 3.93. The van der Waals surface area contributed by atoms with Crippen molar-refractivity contribution in [2.75, 3.05) is 11.4 Å². The van der Waals surface area contributed by atoms with Crippen molar-refractivity contribution in [1.82, 2.24) is 20.2 Å². The summed E-state index contributed by atoms with van der Waals surface area (Å²) in [6.07, 6.45) is 5.77. The quantitative estimate of drug-likeness (QED) is 0.865. The van der Waals surface area contributed by atoms with Gasteiger partial charge < -0.3 is 10.6 Å². The van der Waals surface area contributed by atoms with Gasteiger partial charge in [0, 0.05) is 36.6 Å². The van der Waals surface area contributed by atoms with Crippen molar-refractivity contribution in [3.8, 4) is 11.4 Å². The molecule has 0 amide bonds. The fourth-order valence-corrected chi connectivity index (χ4v) is 2.65. The Morgan fingerprint density at radius 3 is 3.05 bits per heavy atom. The molecule has 6 heteroatoms. The Morgan fingerprint density at radius 1 is 1.40 bits per heavy atom. The van der Waals surface area contributed by atoms with Crippen molar-refractivity contribution in [3.63, 3.8) is 0 Å². The molecule has 3 heterocycles.